The van der Waals surface area contributed by atoms with Crippen molar-refractivity contribution in [3.8, 4) is 11.5 Å². The van der Waals surface area contributed by atoms with Crippen LogP contribution in [0.25, 0.3) is 0 Å². The van der Waals surface area contributed by atoms with Crippen LogP contribution in [0.1, 0.15) is 18.3 Å². The average molecular weight is 208 g/mol. The number of phenols is 1. The molecule has 0 amide bonds. The highest BCUT2D eigenvalue weighted by molar-refractivity contribution is 7.80. The maximum absolute atomic E-state index is 9.44. The summed E-state index contributed by atoms with van der Waals surface area (Å²) in [6, 6.07) is 5.11. The highest BCUT2D eigenvalue weighted by Gasteiger charge is 2.07. The summed E-state index contributed by atoms with van der Waals surface area (Å²) in [6.45, 7) is 2.39. The summed E-state index contributed by atoms with van der Waals surface area (Å²) in [5.74, 6) is 1.05. The molecule has 0 heterocycles. The molecule has 1 rings (SSSR count). The van der Waals surface area contributed by atoms with Gasteiger partial charge in [0.05, 0.1) is 14.5 Å². The lowest BCUT2D eigenvalue weighted by atomic mass is 9.83. The van der Waals surface area contributed by atoms with Gasteiger partial charge >= 0.3 is 0 Å². The highest BCUT2D eigenvalue weighted by atomic mass is 32.1. The minimum atomic E-state index is -0.127. The second-order valence-corrected chi connectivity index (χ2v) is 3.31. The Morgan fingerprint density at radius 3 is 2.86 bits per heavy atom. The average Bonchev–Trinajstić information content (AvgIpc) is 2.20. The second kappa shape index (κ2) is 5.20. The molecule has 2 radical (unpaired) electrons. The van der Waals surface area contributed by atoms with Crippen molar-refractivity contribution >= 4 is 20.5 Å². The van der Waals surface area contributed by atoms with E-state index in [1.54, 1.807) is 18.2 Å². The van der Waals surface area contributed by atoms with E-state index >= 15 is 0 Å². The lowest BCUT2D eigenvalue weighted by Crippen LogP contribution is -2.00. The van der Waals surface area contributed by atoms with Gasteiger partial charge in [-0.3, -0.25) is 0 Å². The summed E-state index contributed by atoms with van der Waals surface area (Å²) < 4.78 is 5.24. The number of ether oxygens (including phenoxy) is 1. The molecular weight excluding hydrogens is 195 g/mol. The zero-order valence-electron chi connectivity index (χ0n) is 8.10. The molecule has 0 aromatic heterocycles. The van der Waals surface area contributed by atoms with Crippen LogP contribution in [0, 0.1) is 0 Å². The molecule has 1 aromatic rings. The Morgan fingerprint density at radius 1 is 1.57 bits per heavy atom. The fourth-order valence-corrected chi connectivity index (χ4v) is 1.35. The number of hydrogen-bond donors (Lipinski definition) is 2. The molecule has 0 saturated carbocycles. The minimum Gasteiger partial charge on any atom is -0.504 e. The molecule has 1 atom stereocenters. The molecule has 2 nitrogen and oxygen atoms in total. The first-order chi connectivity index (χ1) is 6.69. The van der Waals surface area contributed by atoms with E-state index in [1.165, 1.54) is 0 Å². The maximum Gasteiger partial charge on any atom is 0.161 e. The number of hydrogen-bond acceptors (Lipinski definition) is 3. The molecular formula is C10H13BO2S. The van der Waals surface area contributed by atoms with Crippen LogP contribution in [0.4, 0.5) is 0 Å². The van der Waals surface area contributed by atoms with Gasteiger partial charge in [-0.25, -0.2) is 0 Å². The van der Waals surface area contributed by atoms with E-state index in [0.29, 0.717) is 18.1 Å². The Balaban J connectivity index is 2.93. The monoisotopic (exact) mass is 208 g/mol. The number of thiol groups is 1. The predicted molar refractivity (Wildman–Crippen MR) is 61.6 cm³/mol. The van der Waals surface area contributed by atoms with Crippen molar-refractivity contribution in [1.29, 1.82) is 0 Å². The Bertz CT molecular complexity index is 304. The molecule has 4 heteroatoms. The molecule has 0 unspecified atom stereocenters. The molecule has 14 heavy (non-hydrogen) atoms. The van der Waals surface area contributed by atoms with E-state index < -0.39 is 0 Å². The summed E-state index contributed by atoms with van der Waals surface area (Å²) in [6.07, 6.45) is 0. The van der Waals surface area contributed by atoms with Crippen LogP contribution in [-0.4, -0.2) is 25.3 Å². The second-order valence-electron chi connectivity index (χ2n) is 2.95. The first-order valence-electron chi connectivity index (χ1n) is 4.51. The van der Waals surface area contributed by atoms with Crippen molar-refractivity contribution in [2.24, 2.45) is 0 Å². The van der Waals surface area contributed by atoms with Gasteiger partial charge in [0.2, 0.25) is 0 Å². The van der Waals surface area contributed by atoms with Crippen LogP contribution >= 0.6 is 12.6 Å². The van der Waals surface area contributed by atoms with E-state index in [9.17, 15) is 5.11 Å². The van der Waals surface area contributed by atoms with E-state index in [0.717, 1.165) is 5.56 Å². The van der Waals surface area contributed by atoms with Crippen molar-refractivity contribution in [3.63, 3.8) is 0 Å². The zero-order valence-corrected chi connectivity index (χ0v) is 9.00. The molecule has 1 N–H and O–H groups in total. The molecule has 0 bridgehead atoms. The van der Waals surface area contributed by atoms with Crippen LogP contribution in [0.3, 0.4) is 0 Å². The quantitative estimate of drug-likeness (QED) is 0.584. The molecule has 0 aliphatic heterocycles. The van der Waals surface area contributed by atoms with Gasteiger partial charge in [-0.05, 0) is 36.2 Å². The number of rotatable bonds is 4. The van der Waals surface area contributed by atoms with Gasteiger partial charge in [0.1, 0.15) is 0 Å². The number of aromatic hydroxyl groups is 1. The summed E-state index contributed by atoms with van der Waals surface area (Å²) >= 11 is 4.11. The fraction of sp³-hybridized carbons (Fsp3) is 0.400. The van der Waals surface area contributed by atoms with E-state index in [-0.39, 0.29) is 11.6 Å². The smallest absolute Gasteiger partial charge is 0.161 e. The zero-order chi connectivity index (χ0) is 10.6. The van der Waals surface area contributed by atoms with Gasteiger partial charge in [-0.1, -0.05) is 6.07 Å². The minimum absolute atomic E-state index is 0.127. The third kappa shape index (κ3) is 2.61. The van der Waals surface area contributed by atoms with Crippen molar-refractivity contribution < 1.29 is 9.84 Å². The fourth-order valence-electron chi connectivity index (χ4n) is 1.14. The van der Waals surface area contributed by atoms with Crippen LogP contribution in [0.2, 0.25) is 0 Å². The van der Waals surface area contributed by atoms with Crippen LogP contribution in [0.5, 0.6) is 11.5 Å². The summed E-state index contributed by atoms with van der Waals surface area (Å²) in [5, 5.41) is 9.44. The first-order valence-corrected chi connectivity index (χ1v) is 5.14. The largest absolute Gasteiger partial charge is 0.504 e. The van der Waals surface area contributed by atoms with Crippen LogP contribution < -0.4 is 4.74 Å². The van der Waals surface area contributed by atoms with Gasteiger partial charge < -0.3 is 9.84 Å². The summed E-state index contributed by atoms with van der Waals surface area (Å²) in [5.41, 5.74) is 0.918. The topological polar surface area (TPSA) is 29.5 Å². The summed E-state index contributed by atoms with van der Waals surface area (Å²) in [4.78, 5) is 0. The van der Waals surface area contributed by atoms with E-state index in [2.05, 4.69) is 12.6 Å². The standard InChI is InChI=1S/C10H13BO2S/c1-2-13-10-5-7(8(11)6-14)3-4-9(10)12/h3-5,8,12,14H,2,6H2,1H3/t8-/m0/s1. The molecule has 0 spiro atoms. The molecule has 0 saturated heterocycles. The van der Waals surface area contributed by atoms with Gasteiger partial charge in [0.25, 0.3) is 0 Å². The Morgan fingerprint density at radius 2 is 2.29 bits per heavy atom. The molecule has 1 aromatic carbocycles. The van der Waals surface area contributed by atoms with Crippen molar-refractivity contribution in [2.45, 2.75) is 12.7 Å². The maximum atomic E-state index is 9.44. The Kier molecular flexibility index (Phi) is 4.20. The van der Waals surface area contributed by atoms with E-state index in [4.69, 9.17) is 12.6 Å². The van der Waals surface area contributed by atoms with Crippen molar-refractivity contribution in [3.05, 3.63) is 23.8 Å². The lowest BCUT2D eigenvalue weighted by Gasteiger charge is -2.12. The number of phenolic OH excluding ortho intramolecular Hbond substituents is 1. The molecule has 0 aliphatic rings. The predicted octanol–water partition coefficient (Wildman–Crippen LogP) is 1.93. The molecule has 0 aliphatic carbocycles. The van der Waals surface area contributed by atoms with Crippen molar-refractivity contribution in [1.82, 2.24) is 0 Å². The van der Waals surface area contributed by atoms with Gasteiger partial charge in [-0.15, -0.1) is 0 Å². The Hall–Kier alpha value is -0.765. The Labute approximate surface area is 91.1 Å². The number of benzene rings is 1. The van der Waals surface area contributed by atoms with Gasteiger partial charge in [0, 0.05) is 0 Å². The summed E-state index contributed by atoms with van der Waals surface area (Å²) in [7, 11) is 5.80. The van der Waals surface area contributed by atoms with Crippen LogP contribution in [0.15, 0.2) is 18.2 Å². The normalized spacial score (nSPS) is 12.4. The third-order valence-electron chi connectivity index (χ3n) is 1.91. The van der Waals surface area contributed by atoms with E-state index in [1.807, 2.05) is 6.92 Å². The molecule has 0 fully saturated rings. The van der Waals surface area contributed by atoms with Gasteiger partial charge in [-0.2, -0.15) is 12.6 Å². The lowest BCUT2D eigenvalue weighted by molar-refractivity contribution is 0.318. The highest BCUT2D eigenvalue weighted by Crippen LogP contribution is 2.29. The SMILES string of the molecule is [B][C@@H](CS)c1ccc(O)c(OCC)c1. The van der Waals surface area contributed by atoms with Gasteiger partial charge in [0.15, 0.2) is 11.5 Å². The first kappa shape index (κ1) is 11.3. The third-order valence-corrected chi connectivity index (χ3v) is 2.30. The molecule has 74 valence electrons. The van der Waals surface area contributed by atoms with Crippen molar-refractivity contribution in [2.75, 3.05) is 12.4 Å². The van der Waals surface area contributed by atoms with Crippen LogP contribution in [-0.2, 0) is 0 Å².